The fourth-order valence-corrected chi connectivity index (χ4v) is 7.92. The average molecular weight is 769 g/mol. The van der Waals surface area contributed by atoms with Crippen molar-refractivity contribution in [3.63, 3.8) is 0 Å². The van der Waals surface area contributed by atoms with E-state index in [1.54, 1.807) is 43.9 Å². The number of carbonyl (C=O) groups excluding carboxylic acids is 6. The second kappa shape index (κ2) is 17.6. The van der Waals surface area contributed by atoms with Crippen LogP contribution >= 0.6 is 0 Å². The maximum atomic E-state index is 14.1. The number of fused-ring (bicyclic) bond motifs is 5. The third-order valence-corrected chi connectivity index (χ3v) is 10.9. The standard InChI is InChI=1S/C38H52N6O11/c1-5-22-23-13-21(45)10-11-27(23)42-33-24(22)15-44-30(33)14-26-25(35(44)49)16-53-36(50)38(26,6-2)55-37(51)54-17-29(20(3)4)43-34(48)28(9-7-8-12-39)41-32(47)19-52-18-31(40)46/h10-11,13,20,25-26,28-30,45H,5-9,12,14-19,39H2,1-4H3,(H2,40,46)(H,41,47)(H,43,48). The Morgan fingerprint density at radius 1 is 1.13 bits per heavy atom. The molecule has 2 aromatic rings. The smallest absolute Gasteiger partial charge is 0.508 e. The van der Waals surface area contributed by atoms with Gasteiger partial charge in [-0.15, -0.1) is 0 Å². The zero-order valence-corrected chi connectivity index (χ0v) is 31.8. The number of amides is 4. The van der Waals surface area contributed by atoms with Crippen LogP contribution < -0.4 is 22.1 Å². The minimum Gasteiger partial charge on any atom is -0.508 e. The zero-order valence-electron chi connectivity index (χ0n) is 31.8. The highest BCUT2D eigenvalue weighted by Crippen LogP contribution is 2.52. The van der Waals surface area contributed by atoms with Crippen molar-refractivity contribution in [1.29, 1.82) is 0 Å². The summed E-state index contributed by atoms with van der Waals surface area (Å²) in [6.07, 6.45) is 1.19. The average Bonchev–Trinajstić information content (AvgIpc) is 3.51. The van der Waals surface area contributed by atoms with Gasteiger partial charge in [0.1, 0.15) is 38.2 Å². The van der Waals surface area contributed by atoms with Gasteiger partial charge in [-0.25, -0.2) is 9.59 Å². The molecule has 6 atom stereocenters. The van der Waals surface area contributed by atoms with Crippen LogP contribution in [0.4, 0.5) is 4.79 Å². The number of benzene rings is 1. The summed E-state index contributed by atoms with van der Waals surface area (Å²) in [5.41, 5.74) is 12.1. The minimum atomic E-state index is -1.83. The van der Waals surface area contributed by atoms with E-state index in [2.05, 4.69) is 10.6 Å². The first-order valence-electron chi connectivity index (χ1n) is 18.9. The van der Waals surface area contributed by atoms with E-state index in [4.69, 9.17) is 35.4 Å². The van der Waals surface area contributed by atoms with Crippen LogP contribution in [0.5, 0.6) is 5.75 Å². The Labute approximate surface area is 319 Å². The molecular formula is C38H52N6O11. The highest BCUT2D eigenvalue weighted by molar-refractivity contribution is 5.91. The van der Waals surface area contributed by atoms with Gasteiger partial charge in [0, 0.05) is 17.8 Å². The lowest BCUT2D eigenvalue weighted by atomic mass is 9.68. The molecule has 3 aliphatic heterocycles. The van der Waals surface area contributed by atoms with Crippen molar-refractivity contribution in [2.75, 3.05) is 33.0 Å². The van der Waals surface area contributed by atoms with Crippen LogP contribution in [-0.2, 0) is 55.9 Å². The third kappa shape index (κ3) is 8.77. The number of aryl methyl sites for hydroxylation is 1. The number of pyridine rings is 1. The third-order valence-electron chi connectivity index (χ3n) is 10.9. The SMILES string of the molecule is CCc1c2c(nc3ccc(O)cc13)C1CC3C(COC(=O)C3(CC)OC(=O)OCC(NC(=O)C(CCCCN)NC(=O)COCC(N)=O)C(C)C)C(=O)N1C2. The number of phenols is 1. The van der Waals surface area contributed by atoms with Crippen LogP contribution in [0.2, 0.25) is 0 Å². The van der Waals surface area contributed by atoms with Gasteiger partial charge in [-0.05, 0) is 80.3 Å². The minimum absolute atomic E-state index is 0.0112. The second-order valence-corrected chi connectivity index (χ2v) is 14.7. The van der Waals surface area contributed by atoms with E-state index in [-0.39, 0.29) is 50.1 Å². The van der Waals surface area contributed by atoms with E-state index in [1.165, 1.54) is 0 Å². The van der Waals surface area contributed by atoms with Crippen LogP contribution in [0.25, 0.3) is 10.9 Å². The number of nitrogens with zero attached hydrogens (tertiary/aromatic N) is 2. The number of aromatic nitrogens is 1. The Hall–Kier alpha value is -5.03. The molecule has 17 heteroatoms. The van der Waals surface area contributed by atoms with E-state index in [0.29, 0.717) is 37.9 Å². The van der Waals surface area contributed by atoms with Crippen molar-refractivity contribution in [3.8, 4) is 5.75 Å². The monoisotopic (exact) mass is 768 g/mol. The number of rotatable bonds is 17. The number of nitrogens with two attached hydrogens (primary N) is 2. The van der Waals surface area contributed by atoms with Crippen LogP contribution in [-0.4, -0.2) is 101 Å². The highest BCUT2D eigenvalue weighted by atomic mass is 16.7. The van der Waals surface area contributed by atoms with Crippen molar-refractivity contribution in [2.24, 2.45) is 29.2 Å². The van der Waals surface area contributed by atoms with Crippen LogP contribution in [0.15, 0.2) is 18.2 Å². The van der Waals surface area contributed by atoms with Gasteiger partial charge in [0.2, 0.25) is 29.2 Å². The van der Waals surface area contributed by atoms with Crippen molar-refractivity contribution in [2.45, 2.75) is 96.5 Å². The van der Waals surface area contributed by atoms with E-state index in [9.17, 15) is 33.9 Å². The summed E-state index contributed by atoms with van der Waals surface area (Å²) >= 11 is 0. The number of nitrogens with one attached hydrogen (secondary N) is 2. The number of ether oxygens (including phenoxy) is 4. The maximum Gasteiger partial charge on any atom is 0.509 e. The molecule has 4 heterocycles. The molecule has 0 saturated carbocycles. The summed E-state index contributed by atoms with van der Waals surface area (Å²) < 4.78 is 21.9. The molecule has 0 spiro atoms. The number of piperidine rings is 1. The Bertz CT molecular complexity index is 1800. The molecule has 0 radical (unpaired) electrons. The molecule has 6 unspecified atom stereocenters. The molecular weight excluding hydrogens is 716 g/mol. The van der Waals surface area contributed by atoms with Gasteiger partial charge in [0.15, 0.2) is 0 Å². The van der Waals surface area contributed by atoms with Crippen molar-refractivity contribution in [3.05, 3.63) is 35.0 Å². The van der Waals surface area contributed by atoms with Gasteiger partial charge >= 0.3 is 12.1 Å². The summed E-state index contributed by atoms with van der Waals surface area (Å²) in [6.45, 7) is 6.59. The summed E-state index contributed by atoms with van der Waals surface area (Å²) in [6, 6.07) is 2.81. The number of hydrogen-bond acceptors (Lipinski definition) is 13. The van der Waals surface area contributed by atoms with Gasteiger partial charge in [-0.2, -0.15) is 0 Å². The molecule has 55 heavy (non-hydrogen) atoms. The number of primary amides is 1. The molecule has 0 bridgehead atoms. The Morgan fingerprint density at radius 2 is 1.89 bits per heavy atom. The van der Waals surface area contributed by atoms with Gasteiger partial charge < -0.3 is 51.1 Å². The molecule has 1 aromatic carbocycles. The van der Waals surface area contributed by atoms with Gasteiger partial charge in [-0.3, -0.25) is 24.2 Å². The number of phenolic OH excluding ortho intramolecular Hbond substituents is 1. The van der Waals surface area contributed by atoms with Gasteiger partial charge in [-0.1, -0.05) is 27.7 Å². The molecule has 7 N–H and O–H groups in total. The van der Waals surface area contributed by atoms with Crippen molar-refractivity contribution >= 4 is 46.7 Å². The second-order valence-electron chi connectivity index (χ2n) is 14.7. The lowest BCUT2D eigenvalue weighted by Gasteiger charge is -2.49. The normalized spacial score (nSPS) is 22.6. The topological polar surface area (TPSA) is 252 Å². The zero-order chi connectivity index (χ0) is 40.0. The maximum absolute atomic E-state index is 14.1. The number of carbonyl (C=O) groups is 6. The molecule has 17 nitrogen and oxygen atoms in total. The molecule has 1 aromatic heterocycles. The first-order chi connectivity index (χ1) is 26.2. The summed E-state index contributed by atoms with van der Waals surface area (Å²) in [5, 5.41) is 16.4. The van der Waals surface area contributed by atoms with E-state index >= 15 is 0 Å². The molecule has 5 rings (SSSR count). The number of cyclic esters (lactones) is 1. The largest absolute Gasteiger partial charge is 0.509 e. The lowest BCUT2D eigenvalue weighted by Crippen LogP contribution is -2.63. The molecule has 3 aliphatic rings. The Kier molecular flexibility index (Phi) is 13.2. The molecule has 0 aliphatic carbocycles. The summed E-state index contributed by atoms with van der Waals surface area (Å²) in [5.74, 6) is -4.54. The predicted molar refractivity (Wildman–Crippen MR) is 196 cm³/mol. The van der Waals surface area contributed by atoms with Gasteiger partial charge in [0.05, 0.1) is 29.2 Å². The van der Waals surface area contributed by atoms with Crippen molar-refractivity contribution < 1.29 is 52.8 Å². The van der Waals surface area contributed by atoms with Crippen LogP contribution in [0, 0.1) is 17.8 Å². The van der Waals surface area contributed by atoms with Crippen molar-refractivity contribution in [1.82, 2.24) is 20.5 Å². The number of hydrogen-bond donors (Lipinski definition) is 5. The molecule has 4 amide bonds. The molecule has 2 fully saturated rings. The molecule has 2 saturated heterocycles. The number of unbranched alkanes of at least 4 members (excludes halogenated alkanes) is 1. The van der Waals surface area contributed by atoms with E-state index < -0.39 is 78.6 Å². The Balaban J connectivity index is 1.30. The fraction of sp³-hybridized carbons (Fsp3) is 0.605. The number of esters is 1. The highest BCUT2D eigenvalue weighted by Gasteiger charge is 2.62. The van der Waals surface area contributed by atoms with Crippen LogP contribution in [0.1, 0.15) is 82.7 Å². The fourth-order valence-electron chi connectivity index (χ4n) is 7.92. The predicted octanol–water partition coefficient (Wildman–Crippen LogP) is 1.64. The van der Waals surface area contributed by atoms with E-state index in [1.807, 2.05) is 6.92 Å². The van der Waals surface area contributed by atoms with E-state index in [0.717, 1.165) is 22.2 Å². The quantitative estimate of drug-likeness (QED) is 0.114. The Morgan fingerprint density at radius 3 is 2.56 bits per heavy atom. The van der Waals surface area contributed by atoms with Crippen LogP contribution in [0.3, 0.4) is 0 Å². The number of aromatic hydroxyl groups is 1. The lowest BCUT2D eigenvalue weighted by molar-refractivity contribution is -0.206. The summed E-state index contributed by atoms with van der Waals surface area (Å²) in [4.78, 5) is 84.7. The first kappa shape index (κ1) is 41.1. The first-order valence-corrected chi connectivity index (χ1v) is 18.9. The molecule has 300 valence electrons. The summed E-state index contributed by atoms with van der Waals surface area (Å²) in [7, 11) is 0. The van der Waals surface area contributed by atoms with Gasteiger partial charge in [0.25, 0.3) is 0 Å².